The third-order valence-corrected chi connectivity index (χ3v) is 6.94. The van der Waals surface area contributed by atoms with E-state index < -0.39 is 6.10 Å². The van der Waals surface area contributed by atoms with Gasteiger partial charge in [-0.15, -0.1) is 0 Å². The summed E-state index contributed by atoms with van der Waals surface area (Å²) >= 11 is 0. The van der Waals surface area contributed by atoms with Gasteiger partial charge >= 0.3 is 11.9 Å². The maximum Gasteiger partial charge on any atom is 0.306 e. The molecular weight excluding hydrogens is 560 g/mol. The highest BCUT2D eigenvalue weighted by Crippen LogP contribution is 2.10. The average Bonchev–Trinajstić information content (AvgIpc) is 3.04. The van der Waals surface area contributed by atoms with Gasteiger partial charge in [-0.25, -0.2) is 0 Å². The summed E-state index contributed by atoms with van der Waals surface area (Å²) in [6, 6.07) is 0. The van der Waals surface area contributed by atoms with Crippen molar-refractivity contribution >= 4 is 11.9 Å². The predicted octanol–water partition coefficient (Wildman–Crippen LogP) is 10.8. The first kappa shape index (κ1) is 42.1. The largest absolute Gasteiger partial charge is 0.462 e. The van der Waals surface area contributed by atoms with Gasteiger partial charge in [-0.3, -0.25) is 9.59 Å². The number of rotatable bonds is 30. The fourth-order valence-corrected chi connectivity index (χ4v) is 4.28. The molecule has 45 heavy (non-hydrogen) atoms. The van der Waals surface area contributed by atoms with Gasteiger partial charge in [0.05, 0.1) is 6.61 Å². The van der Waals surface area contributed by atoms with E-state index in [-0.39, 0.29) is 31.6 Å². The number of aliphatic hydroxyl groups is 1. The Morgan fingerprint density at radius 3 is 1.53 bits per heavy atom. The Bertz CT molecular complexity index is 890. The SMILES string of the molecule is CC/C=C/C/C=C/C/C=C/C/C=C/C/C=C/C/C=C/CCC(=O)OC[C@H](CO)OC(=O)CCCCCCC/C=C/CCCCC. The van der Waals surface area contributed by atoms with Crippen molar-refractivity contribution in [2.75, 3.05) is 13.2 Å². The summed E-state index contributed by atoms with van der Waals surface area (Å²) in [7, 11) is 0. The smallest absolute Gasteiger partial charge is 0.306 e. The minimum Gasteiger partial charge on any atom is -0.462 e. The van der Waals surface area contributed by atoms with Crippen LogP contribution in [0, 0.1) is 0 Å². The predicted molar refractivity (Wildman–Crippen MR) is 191 cm³/mol. The minimum absolute atomic E-state index is 0.114. The van der Waals surface area contributed by atoms with Crippen LogP contribution in [0.15, 0.2) is 85.1 Å². The van der Waals surface area contributed by atoms with Gasteiger partial charge in [0.1, 0.15) is 6.61 Å². The lowest BCUT2D eigenvalue weighted by Gasteiger charge is -2.15. The summed E-state index contributed by atoms with van der Waals surface area (Å²) < 4.78 is 10.5. The highest BCUT2D eigenvalue weighted by Gasteiger charge is 2.15. The maximum atomic E-state index is 12.1. The summed E-state index contributed by atoms with van der Waals surface area (Å²) in [4.78, 5) is 24.1. The van der Waals surface area contributed by atoms with Crippen molar-refractivity contribution < 1.29 is 24.2 Å². The molecule has 0 unspecified atom stereocenters. The van der Waals surface area contributed by atoms with E-state index in [4.69, 9.17) is 9.47 Å². The molecule has 0 rings (SSSR count). The van der Waals surface area contributed by atoms with E-state index in [9.17, 15) is 14.7 Å². The van der Waals surface area contributed by atoms with Crippen LogP contribution in [0.5, 0.6) is 0 Å². The molecule has 0 fully saturated rings. The first-order valence-corrected chi connectivity index (χ1v) is 17.6. The molecule has 0 saturated heterocycles. The lowest BCUT2D eigenvalue weighted by atomic mass is 10.1. The summed E-state index contributed by atoms with van der Waals surface area (Å²) in [5, 5.41) is 9.50. The van der Waals surface area contributed by atoms with Gasteiger partial charge in [-0.2, -0.15) is 0 Å². The lowest BCUT2D eigenvalue weighted by molar-refractivity contribution is -0.161. The Labute approximate surface area is 275 Å². The van der Waals surface area contributed by atoms with Gasteiger partial charge in [0.25, 0.3) is 0 Å². The Morgan fingerprint density at radius 2 is 1.00 bits per heavy atom. The Hall–Kier alpha value is -2.92. The molecule has 0 heterocycles. The molecule has 0 aliphatic carbocycles. The van der Waals surface area contributed by atoms with Gasteiger partial charge in [0, 0.05) is 12.8 Å². The van der Waals surface area contributed by atoms with E-state index in [0.717, 1.165) is 64.2 Å². The van der Waals surface area contributed by atoms with Crippen LogP contribution in [0.4, 0.5) is 0 Å². The number of hydrogen-bond acceptors (Lipinski definition) is 5. The van der Waals surface area contributed by atoms with Crippen LogP contribution in [0.1, 0.15) is 136 Å². The zero-order valence-electron chi connectivity index (χ0n) is 28.6. The van der Waals surface area contributed by atoms with E-state index in [0.29, 0.717) is 12.8 Å². The molecule has 0 aromatic rings. The van der Waals surface area contributed by atoms with Crippen LogP contribution in [-0.4, -0.2) is 36.4 Å². The van der Waals surface area contributed by atoms with Crippen LogP contribution in [-0.2, 0) is 19.1 Å². The van der Waals surface area contributed by atoms with Crippen molar-refractivity contribution in [3.8, 4) is 0 Å². The summed E-state index contributed by atoms with van der Waals surface area (Å²) in [6.07, 6.45) is 47.9. The Balaban J connectivity index is 3.77. The fourth-order valence-electron chi connectivity index (χ4n) is 4.28. The molecule has 0 radical (unpaired) electrons. The van der Waals surface area contributed by atoms with Crippen molar-refractivity contribution in [1.82, 2.24) is 0 Å². The number of carbonyl (C=O) groups is 2. The molecule has 0 spiro atoms. The maximum absolute atomic E-state index is 12.1. The topological polar surface area (TPSA) is 72.8 Å². The molecule has 0 saturated carbocycles. The second kappa shape index (κ2) is 35.6. The first-order valence-electron chi connectivity index (χ1n) is 17.6. The number of hydrogen-bond donors (Lipinski definition) is 1. The van der Waals surface area contributed by atoms with Gasteiger partial charge in [-0.05, 0) is 77.0 Å². The zero-order valence-corrected chi connectivity index (χ0v) is 28.6. The van der Waals surface area contributed by atoms with E-state index in [2.05, 4.69) is 86.8 Å². The molecule has 0 aromatic heterocycles. The number of carbonyl (C=O) groups excluding carboxylic acids is 2. The van der Waals surface area contributed by atoms with Crippen LogP contribution in [0.2, 0.25) is 0 Å². The molecule has 1 N–H and O–H groups in total. The number of esters is 2. The molecular formula is C40H64O5. The molecule has 0 aromatic carbocycles. The number of unbranched alkanes of at least 4 members (excludes halogenated alkanes) is 8. The zero-order chi connectivity index (χ0) is 32.9. The highest BCUT2D eigenvalue weighted by molar-refractivity contribution is 5.70. The molecule has 254 valence electrons. The summed E-state index contributed by atoms with van der Waals surface area (Å²) in [6.45, 7) is 3.89. The molecule has 0 bridgehead atoms. The van der Waals surface area contributed by atoms with Crippen molar-refractivity contribution in [3.05, 3.63) is 85.1 Å². The minimum atomic E-state index is -0.809. The highest BCUT2D eigenvalue weighted by atomic mass is 16.6. The van der Waals surface area contributed by atoms with E-state index >= 15 is 0 Å². The lowest BCUT2D eigenvalue weighted by Crippen LogP contribution is -2.28. The van der Waals surface area contributed by atoms with Gasteiger partial charge in [-0.1, -0.05) is 131 Å². The molecule has 5 nitrogen and oxygen atoms in total. The Kier molecular flexibility index (Phi) is 33.3. The third kappa shape index (κ3) is 33.8. The number of allylic oxidation sites excluding steroid dienone is 14. The van der Waals surface area contributed by atoms with Crippen LogP contribution >= 0.6 is 0 Å². The van der Waals surface area contributed by atoms with E-state index in [1.807, 2.05) is 12.2 Å². The molecule has 5 heteroatoms. The average molecular weight is 625 g/mol. The second-order valence-corrected chi connectivity index (χ2v) is 11.2. The summed E-state index contributed by atoms with van der Waals surface area (Å²) in [5.74, 6) is -0.710. The fraction of sp³-hybridized carbons (Fsp3) is 0.600. The van der Waals surface area contributed by atoms with Crippen molar-refractivity contribution in [2.24, 2.45) is 0 Å². The van der Waals surface area contributed by atoms with Crippen molar-refractivity contribution in [2.45, 2.75) is 142 Å². The molecule has 1 atom stereocenters. The number of ether oxygens (including phenoxy) is 2. The van der Waals surface area contributed by atoms with Gasteiger partial charge in [0.15, 0.2) is 6.10 Å². The Morgan fingerprint density at radius 1 is 0.533 bits per heavy atom. The first-order chi connectivity index (χ1) is 22.1. The third-order valence-electron chi connectivity index (χ3n) is 6.94. The van der Waals surface area contributed by atoms with E-state index in [1.165, 1.54) is 38.5 Å². The van der Waals surface area contributed by atoms with Crippen LogP contribution < -0.4 is 0 Å². The molecule has 0 aliphatic heterocycles. The van der Waals surface area contributed by atoms with Crippen molar-refractivity contribution in [1.29, 1.82) is 0 Å². The van der Waals surface area contributed by atoms with Crippen LogP contribution in [0.3, 0.4) is 0 Å². The van der Waals surface area contributed by atoms with Crippen molar-refractivity contribution in [3.63, 3.8) is 0 Å². The standard InChI is InChI=1S/C40H64O5/c1-3-5-7-9-11-13-15-17-18-19-20-21-22-23-25-26-28-30-32-34-39(42)44-37-38(36-41)45-40(43)35-33-31-29-27-24-16-14-12-10-8-6-4-2/h5,7,11-14,17-18,20-21,23,25,28,30,38,41H,3-4,6,8-10,15-16,19,22,24,26-27,29,31-37H2,1-2H3/b7-5+,13-11+,14-12+,18-17+,21-20+,25-23+,30-28+/t38-/m0/s1. The van der Waals surface area contributed by atoms with Gasteiger partial charge < -0.3 is 14.6 Å². The quantitative estimate of drug-likeness (QED) is 0.0489. The molecule has 0 aliphatic rings. The second-order valence-electron chi connectivity index (χ2n) is 11.2. The summed E-state index contributed by atoms with van der Waals surface area (Å²) in [5.41, 5.74) is 0. The monoisotopic (exact) mass is 624 g/mol. The van der Waals surface area contributed by atoms with Crippen LogP contribution in [0.25, 0.3) is 0 Å². The number of aliphatic hydroxyl groups excluding tert-OH is 1. The molecule has 0 amide bonds. The van der Waals surface area contributed by atoms with Gasteiger partial charge in [0.2, 0.25) is 0 Å². The van der Waals surface area contributed by atoms with E-state index in [1.54, 1.807) is 0 Å². The normalized spacial score (nSPS) is 13.2.